The minimum absolute atomic E-state index is 0.432. The van der Waals surface area contributed by atoms with Gasteiger partial charge < -0.3 is 14.6 Å². The Bertz CT molecular complexity index is 525. The fraction of sp³-hybridized carbons (Fsp3) is 0.429. The zero-order valence-electron chi connectivity index (χ0n) is 11.5. The van der Waals surface area contributed by atoms with Crippen LogP contribution < -0.4 is 10.1 Å². The van der Waals surface area contributed by atoms with Gasteiger partial charge in [-0.05, 0) is 25.5 Å². The highest BCUT2D eigenvalue weighted by atomic mass is 16.5. The van der Waals surface area contributed by atoms with Crippen molar-refractivity contribution in [2.24, 2.45) is 0 Å². The number of ether oxygens (including phenoxy) is 1. The molecule has 2 aromatic rings. The SMILES string of the molecule is CCC(C)NCc1nc(-c2ccccc2OC)no1. The number of benzene rings is 1. The summed E-state index contributed by atoms with van der Waals surface area (Å²) in [6.07, 6.45) is 1.06. The van der Waals surface area contributed by atoms with Gasteiger partial charge in [0.15, 0.2) is 0 Å². The molecule has 1 unspecified atom stereocenters. The Hall–Kier alpha value is -1.88. The van der Waals surface area contributed by atoms with Gasteiger partial charge in [-0.15, -0.1) is 0 Å². The van der Waals surface area contributed by atoms with Crippen molar-refractivity contribution in [3.05, 3.63) is 30.2 Å². The largest absolute Gasteiger partial charge is 0.496 e. The Kier molecular flexibility index (Phi) is 4.52. The first-order valence-corrected chi connectivity index (χ1v) is 6.44. The summed E-state index contributed by atoms with van der Waals surface area (Å²) in [4.78, 5) is 4.38. The van der Waals surface area contributed by atoms with Gasteiger partial charge in [0.05, 0.1) is 19.2 Å². The quantitative estimate of drug-likeness (QED) is 0.866. The molecule has 2 rings (SSSR count). The van der Waals surface area contributed by atoms with Crippen LogP contribution in [0.3, 0.4) is 0 Å². The molecule has 0 fully saturated rings. The Balaban J connectivity index is 2.12. The highest BCUT2D eigenvalue weighted by Gasteiger charge is 2.12. The minimum atomic E-state index is 0.432. The number of nitrogens with one attached hydrogen (secondary N) is 1. The second-order valence-electron chi connectivity index (χ2n) is 4.40. The predicted molar refractivity (Wildman–Crippen MR) is 72.9 cm³/mol. The van der Waals surface area contributed by atoms with E-state index in [1.807, 2.05) is 24.3 Å². The van der Waals surface area contributed by atoms with Crippen molar-refractivity contribution in [2.45, 2.75) is 32.9 Å². The van der Waals surface area contributed by atoms with Gasteiger partial charge in [-0.25, -0.2) is 0 Å². The highest BCUT2D eigenvalue weighted by molar-refractivity contribution is 5.63. The fourth-order valence-electron chi connectivity index (χ4n) is 1.67. The summed E-state index contributed by atoms with van der Waals surface area (Å²) in [5, 5.41) is 7.31. The highest BCUT2D eigenvalue weighted by Crippen LogP contribution is 2.26. The molecular weight excluding hydrogens is 242 g/mol. The van der Waals surface area contributed by atoms with Crippen LogP contribution in [0.4, 0.5) is 0 Å². The number of methoxy groups -OCH3 is 1. The van der Waals surface area contributed by atoms with Crippen LogP contribution in [0.5, 0.6) is 5.75 Å². The number of rotatable bonds is 6. The topological polar surface area (TPSA) is 60.2 Å². The minimum Gasteiger partial charge on any atom is -0.496 e. The normalized spacial score (nSPS) is 12.4. The molecule has 0 saturated heterocycles. The maximum Gasteiger partial charge on any atom is 0.240 e. The van der Waals surface area contributed by atoms with E-state index in [-0.39, 0.29) is 0 Å². The molecule has 0 aliphatic carbocycles. The van der Waals surface area contributed by atoms with Crippen LogP contribution in [0.1, 0.15) is 26.2 Å². The van der Waals surface area contributed by atoms with E-state index in [0.29, 0.717) is 24.3 Å². The first-order chi connectivity index (χ1) is 9.24. The van der Waals surface area contributed by atoms with Crippen molar-refractivity contribution < 1.29 is 9.26 Å². The number of para-hydroxylation sites is 1. The molecule has 0 saturated carbocycles. The molecule has 0 radical (unpaired) electrons. The number of hydrogen-bond donors (Lipinski definition) is 1. The first-order valence-electron chi connectivity index (χ1n) is 6.44. The van der Waals surface area contributed by atoms with Crippen LogP contribution in [-0.4, -0.2) is 23.3 Å². The van der Waals surface area contributed by atoms with Crippen molar-refractivity contribution in [3.8, 4) is 17.1 Å². The molecule has 0 amide bonds. The average molecular weight is 261 g/mol. The molecule has 0 aliphatic heterocycles. The standard InChI is InChI=1S/C14H19N3O2/c1-4-10(2)15-9-13-16-14(17-19-13)11-7-5-6-8-12(11)18-3/h5-8,10,15H,4,9H2,1-3H3. The molecule has 1 aromatic carbocycles. The number of aromatic nitrogens is 2. The summed E-state index contributed by atoms with van der Waals surface area (Å²) in [7, 11) is 1.63. The third kappa shape index (κ3) is 3.32. The molecule has 0 spiro atoms. The van der Waals surface area contributed by atoms with Crippen LogP contribution in [0.25, 0.3) is 11.4 Å². The lowest BCUT2D eigenvalue weighted by Crippen LogP contribution is -2.24. The Morgan fingerprint density at radius 2 is 2.16 bits per heavy atom. The van der Waals surface area contributed by atoms with Gasteiger partial charge in [0, 0.05) is 6.04 Å². The van der Waals surface area contributed by atoms with Gasteiger partial charge >= 0.3 is 0 Å². The lowest BCUT2D eigenvalue weighted by atomic mass is 10.2. The summed E-state index contributed by atoms with van der Waals surface area (Å²) in [5.41, 5.74) is 0.837. The molecular formula is C14H19N3O2. The van der Waals surface area contributed by atoms with Crippen molar-refractivity contribution >= 4 is 0 Å². The van der Waals surface area contributed by atoms with E-state index >= 15 is 0 Å². The van der Waals surface area contributed by atoms with Crippen LogP contribution in [0.2, 0.25) is 0 Å². The molecule has 1 atom stereocenters. The molecule has 1 aromatic heterocycles. The summed E-state index contributed by atoms with van der Waals surface area (Å²) >= 11 is 0. The van der Waals surface area contributed by atoms with Crippen LogP contribution in [0.15, 0.2) is 28.8 Å². The van der Waals surface area contributed by atoms with Crippen molar-refractivity contribution in [2.75, 3.05) is 7.11 Å². The summed E-state index contributed by atoms with van der Waals surface area (Å²) in [6.45, 7) is 4.83. The molecule has 0 aliphatic rings. The Labute approximate surface area is 113 Å². The molecule has 1 heterocycles. The maximum atomic E-state index is 5.29. The fourth-order valence-corrected chi connectivity index (χ4v) is 1.67. The third-order valence-corrected chi connectivity index (χ3v) is 3.03. The molecule has 19 heavy (non-hydrogen) atoms. The van der Waals surface area contributed by atoms with E-state index in [4.69, 9.17) is 9.26 Å². The van der Waals surface area contributed by atoms with Gasteiger partial charge in [0.1, 0.15) is 5.75 Å². The second kappa shape index (κ2) is 6.33. The van der Waals surface area contributed by atoms with Crippen LogP contribution in [-0.2, 0) is 6.54 Å². The van der Waals surface area contributed by atoms with Crippen molar-refractivity contribution in [1.29, 1.82) is 0 Å². The van der Waals surface area contributed by atoms with Crippen LogP contribution >= 0.6 is 0 Å². The van der Waals surface area contributed by atoms with Gasteiger partial charge in [0.2, 0.25) is 11.7 Å². The predicted octanol–water partition coefficient (Wildman–Crippen LogP) is 2.63. The zero-order valence-corrected chi connectivity index (χ0v) is 11.5. The monoisotopic (exact) mass is 261 g/mol. The number of nitrogens with zero attached hydrogens (tertiary/aromatic N) is 2. The van der Waals surface area contributed by atoms with Gasteiger partial charge in [-0.2, -0.15) is 4.98 Å². The second-order valence-corrected chi connectivity index (χ2v) is 4.40. The lowest BCUT2D eigenvalue weighted by Gasteiger charge is -2.07. The van der Waals surface area contributed by atoms with Gasteiger partial charge in [0.25, 0.3) is 0 Å². The number of hydrogen-bond acceptors (Lipinski definition) is 5. The van der Waals surface area contributed by atoms with E-state index in [9.17, 15) is 0 Å². The van der Waals surface area contributed by atoms with E-state index in [1.54, 1.807) is 7.11 Å². The van der Waals surface area contributed by atoms with E-state index in [2.05, 4.69) is 29.3 Å². The summed E-state index contributed by atoms with van der Waals surface area (Å²) in [6, 6.07) is 8.05. The summed E-state index contributed by atoms with van der Waals surface area (Å²) in [5.74, 6) is 1.88. The average Bonchev–Trinajstić information content (AvgIpc) is 2.93. The van der Waals surface area contributed by atoms with E-state index in [0.717, 1.165) is 17.7 Å². The van der Waals surface area contributed by atoms with Gasteiger partial charge in [-0.3, -0.25) is 0 Å². The Morgan fingerprint density at radius 1 is 1.37 bits per heavy atom. The molecule has 5 heteroatoms. The maximum absolute atomic E-state index is 5.29. The molecule has 102 valence electrons. The smallest absolute Gasteiger partial charge is 0.240 e. The van der Waals surface area contributed by atoms with Gasteiger partial charge in [-0.1, -0.05) is 24.2 Å². The van der Waals surface area contributed by atoms with Crippen molar-refractivity contribution in [1.82, 2.24) is 15.5 Å². The van der Waals surface area contributed by atoms with E-state index < -0.39 is 0 Å². The zero-order chi connectivity index (χ0) is 13.7. The van der Waals surface area contributed by atoms with Crippen molar-refractivity contribution in [3.63, 3.8) is 0 Å². The third-order valence-electron chi connectivity index (χ3n) is 3.03. The lowest BCUT2D eigenvalue weighted by molar-refractivity contribution is 0.358. The Morgan fingerprint density at radius 3 is 2.89 bits per heavy atom. The molecule has 5 nitrogen and oxygen atoms in total. The van der Waals surface area contributed by atoms with E-state index in [1.165, 1.54) is 0 Å². The molecule has 0 bridgehead atoms. The first kappa shape index (κ1) is 13.5. The molecule has 1 N–H and O–H groups in total. The van der Waals surface area contributed by atoms with Crippen LogP contribution in [0, 0.1) is 0 Å². The summed E-state index contributed by atoms with van der Waals surface area (Å²) < 4.78 is 10.5.